The highest BCUT2D eigenvalue weighted by molar-refractivity contribution is 8.13. The highest BCUT2D eigenvalue weighted by Crippen LogP contribution is 2.48. The van der Waals surface area contributed by atoms with Gasteiger partial charge in [0.1, 0.15) is 38.2 Å². The van der Waals surface area contributed by atoms with Crippen molar-refractivity contribution in [1.29, 1.82) is 0 Å². The van der Waals surface area contributed by atoms with Crippen LogP contribution in [0.2, 0.25) is 0 Å². The third-order valence-electron chi connectivity index (χ3n) is 9.01. The maximum Gasteiger partial charge on any atom is 0.519 e. The summed E-state index contributed by atoms with van der Waals surface area (Å²) in [7, 11) is -0.590. The number of carbonyl (C=O) groups is 3. The summed E-state index contributed by atoms with van der Waals surface area (Å²) in [6.07, 6.45) is 7.07. The normalized spacial score (nSPS) is 31.8. The van der Waals surface area contributed by atoms with Crippen molar-refractivity contribution in [2.75, 3.05) is 13.7 Å². The molecule has 7 atom stereocenters. The van der Waals surface area contributed by atoms with Gasteiger partial charge in [0.15, 0.2) is 17.8 Å². The highest BCUT2D eigenvalue weighted by atomic mass is 32.2. The average Bonchev–Trinajstić information content (AvgIpc) is 3.74. The molecule has 13 nitrogen and oxygen atoms in total. The molecule has 2 unspecified atom stereocenters. The number of hydrogen-bond acceptors (Lipinski definition) is 14. The van der Waals surface area contributed by atoms with Crippen molar-refractivity contribution in [2.24, 2.45) is 0 Å². The Balaban J connectivity index is 1.51. The fourth-order valence-electron chi connectivity index (χ4n) is 5.95. The zero-order valence-corrected chi connectivity index (χ0v) is 30.3. The number of thioether (sulfide) groups is 1. The Labute approximate surface area is 294 Å². The van der Waals surface area contributed by atoms with E-state index in [1.165, 1.54) is 35.6 Å². The molecule has 1 amide bonds. The van der Waals surface area contributed by atoms with Crippen LogP contribution in [0, 0.1) is 6.92 Å². The van der Waals surface area contributed by atoms with Gasteiger partial charge >= 0.3 is 5.82 Å². The largest absolute Gasteiger partial charge is 0.519 e. The second-order valence-electron chi connectivity index (χ2n) is 12.4. The van der Waals surface area contributed by atoms with Crippen molar-refractivity contribution in [3.8, 4) is 0 Å². The van der Waals surface area contributed by atoms with E-state index in [0.29, 0.717) is 47.5 Å². The highest BCUT2D eigenvalue weighted by Gasteiger charge is 2.64. The van der Waals surface area contributed by atoms with Crippen LogP contribution in [0.15, 0.2) is 48.9 Å². The molecule has 2 fully saturated rings. The number of hydrogen-bond donors (Lipinski definition) is 1. The number of fused-ring (bicyclic) bond motifs is 4. The lowest BCUT2D eigenvalue weighted by atomic mass is 9.81. The number of methoxy groups -OCH3 is 1. The maximum atomic E-state index is 14.6. The quantitative estimate of drug-likeness (QED) is 0.398. The molecule has 5 rings (SSSR count). The number of ether oxygens (including phenoxy) is 3. The van der Waals surface area contributed by atoms with E-state index >= 15 is 0 Å². The van der Waals surface area contributed by atoms with Crippen molar-refractivity contribution in [2.45, 2.75) is 100 Å². The predicted octanol–water partition coefficient (Wildman–Crippen LogP) is 4.32. The van der Waals surface area contributed by atoms with Crippen molar-refractivity contribution in [1.82, 2.24) is 9.29 Å². The molecule has 0 aliphatic carbocycles. The minimum Gasteiger partial charge on any atom is -0.396 e. The summed E-state index contributed by atoms with van der Waals surface area (Å²) in [5.41, 5.74) is -1.07. The van der Waals surface area contributed by atoms with Crippen LogP contribution in [0.1, 0.15) is 81.1 Å². The van der Waals surface area contributed by atoms with Crippen LogP contribution in [0.3, 0.4) is 0 Å². The molecule has 266 valence electrons. The lowest BCUT2D eigenvalue weighted by Crippen LogP contribution is -2.58. The molecule has 49 heavy (non-hydrogen) atoms. The van der Waals surface area contributed by atoms with Crippen LogP contribution in [-0.4, -0.2) is 78.0 Å². The molecule has 3 aliphatic heterocycles. The molecule has 0 aromatic carbocycles. The van der Waals surface area contributed by atoms with Gasteiger partial charge in [-0.05, 0) is 65.2 Å². The molecule has 0 saturated carbocycles. The minimum absolute atomic E-state index is 0.0525. The number of allylic oxidation sites excluding steroid dienone is 3. The first-order chi connectivity index (χ1) is 23.3. The third-order valence-corrected chi connectivity index (χ3v) is 13.4. The van der Waals surface area contributed by atoms with E-state index in [-0.39, 0.29) is 48.4 Å². The Bertz CT molecular complexity index is 1740. The lowest BCUT2D eigenvalue weighted by molar-refractivity contribution is -0.201. The van der Waals surface area contributed by atoms with Gasteiger partial charge in [0, 0.05) is 18.9 Å². The molecular weight excluding hydrogens is 697 g/mol. The van der Waals surface area contributed by atoms with Crippen LogP contribution in [0.4, 0.5) is 0 Å². The number of thiazole rings is 1. The van der Waals surface area contributed by atoms with Crippen molar-refractivity contribution < 1.29 is 46.7 Å². The van der Waals surface area contributed by atoms with E-state index in [9.17, 15) is 28.5 Å². The fourth-order valence-corrected chi connectivity index (χ4v) is 9.89. The molecule has 0 radical (unpaired) electrons. The van der Waals surface area contributed by atoms with Crippen LogP contribution in [0.25, 0.3) is 6.08 Å². The molecule has 5 heterocycles. The summed E-state index contributed by atoms with van der Waals surface area (Å²) in [5.74, 6) is -1.57. The molecular formula is C33H40N2O11S3. The van der Waals surface area contributed by atoms with Crippen LogP contribution in [-0.2, 0) is 45.3 Å². The number of rotatable bonds is 7. The van der Waals surface area contributed by atoms with E-state index in [4.69, 9.17) is 23.0 Å². The average molecular weight is 737 g/mol. The topological polar surface area (TPSA) is 176 Å². The van der Waals surface area contributed by atoms with Gasteiger partial charge < -0.3 is 28.2 Å². The Morgan fingerprint density at radius 3 is 2.71 bits per heavy atom. The van der Waals surface area contributed by atoms with E-state index in [1.54, 1.807) is 50.6 Å². The van der Waals surface area contributed by atoms with Gasteiger partial charge in [-0.15, -0.1) is 11.3 Å². The van der Waals surface area contributed by atoms with Crippen LogP contribution in [0.5, 0.6) is 0 Å². The lowest BCUT2D eigenvalue weighted by Gasteiger charge is -2.40. The van der Waals surface area contributed by atoms with Gasteiger partial charge in [0.05, 0.1) is 36.6 Å². The van der Waals surface area contributed by atoms with E-state index in [0.717, 1.165) is 0 Å². The Morgan fingerprint density at radius 2 is 2.00 bits per heavy atom. The second kappa shape index (κ2) is 15.5. The first-order valence-electron chi connectivity index (χ1n) is 15.8. The number of carbonyl (C=O) groups excluding carboxylic acids is 3. The summed E-state index contributed by atoms with van der Waals surface area (Å²) in [6.45, 7) is 6.65. The number of aromatic nitrogens is 1. The first-order valence-corrected chi connectivity index (χ1v) is 18.8. The minimum atomic E-state index is -2.29. The van der Waals surface area contributed by atoms with Crippen LogP contribution >= 0.6 is 23.1 Å². The van der Waals surface area contributed by atoms with E-state index in [2.05, 4.69) is 4.98 Å². The second-order valence-corrected chi connectivity index (χ2v) is 15.9. The van der Waals surface area contributed by atoms with Gasteiger partial charge in [-0.3, -0.25) is 18.7 Å². The molecule has 4 bridgehead atoms. The number of aliphatic hydroxyl groups is 1. The standard InChI is InChI=1S/C33H40N2O11S3/c1-19-10-12-33(32(4,40)30(38)48-18-26-21(3)44-31(39)46-26)16-27(37)35(49(33)41)20(2)29-34-22(17-47-29)8-6-7-9-24(36)25(14-19)45-28-15-23(42-5)11-13-43-28/h6-9,14,17,20,23,25,28,40H,10-13,15-16,18H2,1-5H3/b8-6-,9-7-,19-14-/t20-,23?,25-,28+,32+,33-,49?/m1/s1. The van der Waals surface area contributed by atoms with Gasteiger partial charge in [-0.1, -0.05) is 29.5 Å². The smallest absolute Gasteiger partial charge is 0.396 e. The Morgan fingerprint density at radius 1 is 1.24 bits per heavy atom. The predicted molar refractivity (Wildman–Crippen MR) is 183 cm³/mol. The van der Waals surface area contributed by atoms with Crippen LogP contribution < -0.4 is 5.82 Å². The SMILES string of the molecule is COC1CCO[C@@H](O[C@@H]2/C=C(/C)CC[C@]3([C@@](C)(O)C(=O)SCc4oc(=O)oc4C)CC(=O)N([C@H](C)c4nc(cs4)/C=C\C=C/C2=O)S3=O)C1. The molecule has 0 spiro atoms. The maximum absolute atomic E-state index is 14.6. The Hall–Kier alpha value is -2.99. The summed E-state index contributed by atoms with van der Waals surface area (Å²) in [5, 5.41) is 13.6. The number of ketones is 1. The third kappa shape index (κ3) is 8.00. The number of aryl methyl sites for hydroxylation is 1. The fraction of sp³-hybridized carbons (Fsp3) is 0.545. The number of nitrogens with zero attached hydrogens (tertiary/aromatic N) is 2. The molecule has 2 aromatic rings. The molecule has 3 aliphatic rings. The summed E-state index contributed by atoms with van der Waals surface area (Å²) >= 11 is 1.94. The molecule has 2 saturated heterocycles. The zero-order chi connectivity index (χ0) is 35.5. The summed E-state index contributed by atoms with van der Waals surface area (Å²) in [6, 6.07) is -0.725. The van der Waals surface area contributed by atoms with E-state index in [1.807, 2.05) is 0 Å². The number of amides is 1. The van der Waals surface area contributed by atoms with Gasteiger partial charge in [0.25, 0.3) is 0 Å². The molecule has 1 N–H and O–H groups in total. The van der Waals surface area contributed by atoms with E-state index < -0.39 is 56.6 Å². The molecule has 2 aromatic heterocycles. The Kier molecular flexibility index (Phi) is 11.8. The van der Waals surface area contributed by atoms with Gasteiger partial charge in [-0.25, -0.2) is 14.0 Å². The zero-order valence-electron chi connectivity index (χ0n) is 27.9. The summed E-state index contributed by atoms with van der Waals surface area (Å²) in [4.78, 5) is 57.1. The van der Waals surface area contributed by atoms with Gasteiger partial charge in [0.2, 0.25) is 11.0 Å². The van der Waals surface area contributed by atoms with Crippen molar-refractivity contribution >= 4 is 57.0 Å². The van der Waals surface area contributed by atoms with Crippen molar-refractivity contribution in [3.05, 3.63) is 68.1 Å². The first kappa shape index (κ1) is 37.3. The van der Waals surface area contributed by atoms with Gasteiger partial charge in [-0.2, -0.15) is 0 Å². The summed E-state index contributed by atoms with van der Waals surface area (Å²) < 4.78 is 41.3. The monoisotopic (exact) mass is 736 g/mol. The molecule has 16 heteroatoms. The van der Waals surface area contributed by atoms with Crippen molar-refractivity contribution in [3.63, 3.8) is 0 Å².